The van der Waals surface area contributed by atoms with Crippen molar-refractivity contribution in [2.75, 3.05) is 6.54 Å². The Labute approximate surface area is 124 Å². The zero-order valence-electron chi connectivity index (χ0n) is 12.4. The average molecular weight is 281 g/mol. The van der Waals surface area contributed by atoms with Crippen molar-refractivity contribution in [3.63, 3.8) is 0 Å². The highest BCUT2D eigenvalue weighted by molar-refractivity contribution is 5.79. The molecule has 5 nitrogen and oxygen atoms in total. The molecule has 2 aromatic heterocycles. The molecule has 0 saturated heterocycles. The van der Waals surface area contributed by atoms with Crippen LogP contribution >= 0.6 is 0 Å². The minimum absolute atomic E-state index is 0.842. The SMILES string of the molecule is Cc1ccc2cc(CNCCc3ncn(C)n3)ccc2n1. The van der Waals surface area contributed by atoms with Gasteiger partial charge in [-0.1, -0.05) is 12.1 Å². The second-order valence-electron chi connectivity index (χ2n) is 5.24. The molecule has 0 radical (unpaired) electrons. The van der Waals surface area contributed by atoms with Gasteiger partial charge in [0, 0.05) is 37.6 Å². The Morgan fingerprint density at radius 1 is 1.19 bits per heavy atom. The van der Waals surface area contributed by atoms with Crippen LogP contribution in [0.25, 0.3) is 10.9 Å². The zero-order valence-corrected chi connectivity index (χ0v) is 12.4. The third-order valence-corrected chi connectivity index (χ3v) is 3.39. The third-order valence-electron chi connectivity index (χ3n) is 3.39. The highest BCUT2D eigenvalue weighted by Gasteiger charge is 2.00. The molecule has 0 aliphatic rings. The number of benzene rings is 1. The van der Waals surface area contributed by atoms with E-state index >= 15 is 0 Å². The predicted molar refractivity (Wildman–Crippen MR) is 82.9 cm³/mol. The minimum atomic E-state index is 0.842. The quantitative estimate of drug-likeness (QED) is 0.727. The Kier molecular flexibility index (Phi) is 3.92. The van der Waals surface area contributed by atoms with Gasteiger partial charge in [0.15, 0.2) is 5.82 Å². The second-order valence-corrected chi connectivity index (χ2v) is 5.24. The maximum Gasteiger partial charge on any atom is 0.151 e. The van der Waals surface area contributed by atoms with Crippen molar-refractivity contribution < 1.29 is 0 Å². The Morgan fingerprint density at radius 3 is 2.90 bits per heavy atom. The molecule has 3 rings (SSSR count). The molecule has 108 valence electrons. The fourth-order valence-corrected chi connectivity index (χ4v) is 2.32. The number of hydrogen-bond donors (Lipinski definition) is 1. The molecule has 0 unspecified atom stereocenters. The van der Waals surface area contributed by atoms with Crippen LogP contribution in [-0.4, -0.2) is 26.3 Å². The summed E-state index contributed by atoms with van der Waals surface area (Å²) in [5, 5.41) is 8.87. The Hall–Kier alpha value is -2.27. The van der Waals surface area contributed by atoms with Gasteiger partial charge in [-0.25, -0.2) is 4.98 Å². The van der Waals surface area contributed by atoms with E-state index in [2.05, 4.69) is 44.6 Å². The lowest BCUT2D eigenvalue weighted by Gasteiger charge is -2.05. The van der Waals surface area contributed by atoms with Crippen molar-refractivity contribution in [2.45, 2.75) is 19.9 Å². The number of aromatic nitrogens is 4. The van der Waals surface area contributed by atoms with Crippen LogP contribution in [0.5, 0.6) is 0 Å². The predicted octanol–water partition coefficient (Wildman–Crippen LogP) is 2.00. The largest absolute Gasteiger partial charge is 0.312 e. The van der Waals surface area contributed by atoms with Crippen LogP contribution in [0.4, 0.5) is 0 Å². The Balaban J connectivity index is 1.56. The summed E-state index contributed by atoms with van der Waals surface area (Å²) < 4.78 is 1.73. The first-order valence-electron chi connectivity index (χ1n) is 7.12. The topological polar surface area (TPSA) is 55.6 Å². The van der Waals surface area contributed by atoms with E-state index in [4.69, 9.17) is 0 Å². The van der Waals surface area contributed by atoms with E-state index in [1.165, 1.54) is 10.9 Å². The molecule has 0 aliphatic carbocycles. The number of pyridine rings is 1. The molecular formula is C16H19N5. The van der Waals surface area contributed by atoms with Crippen molar-refractivity contribution in [1.29, 1.82) is 0 Å². The monoisotopic (exact) mass is 281 g/mol. The summed E-state index contributed by atoms with van der Waals surface area (Å²) >= 11 is 0. The van der Waals surface area contributed by atoms with Gasteiger partial charge in [-0.15, -0.1) is 0 Å². The highest BCUT2D eigenvalue weighted by Crippen LogP contribution is 2.14. The zero-order chi connectivity index (χ0) is 14.7. The van der Waals surface area contributed by atoms with Gasteiger partial charge in [0.25, 0.3) is 0 Å². The summed E-state index contributed by atoms with van der Waals surface area (Å²) in [5.74, 6) is 0.878. The number of nitrogens with zero attached hydrogens (tertiary/aromatic N) is 4. The molecule has 0 atom stereocenters. The van der Waals surface area contributed by atoms with E-state index in [1.807, 2.05) is 20.0 Å². The Morgan fingerprint density at radius 2 is 2.10 bits per heavy atom. The molecule has 21 heavy (non-hydrogen) atoms. The van der Waals surface area contributed by atoms with Gasteiger partial charge in [0.05, 0.1) is 5.52 Å². The summed E-state index contributed by atoms with van der Waals surface area (Å²) in [6.45, 7) is 3.73. The third kappa shape index (κ3) is 3.44. The molecule has 0 aliphatic heterocycles. The van der Waals surface area contributed by atoms with E-state index in [-0.39, 0.29) is 0 Å². The molecule has 1 N–H and O–H groups in total. The van der Waals surface area contributed by atoms with Crippen molar-refractivity contribution in [1.82, 2.24) is 25.1 Å². The molecule has 0 saturated carbocycles. The van der Waals surface area contributed by atoms with Gasteiger partial charge in [-0.3, -0.25) is 9.67 Å². The van der Waals surface area contributed by atoms with Crippen molar-refractivity contribution in [3.05, 3.63) is 53.7 Å². The van der Waals surface area contributed by atoms with E-state index in [0.717, 1.165) is 36.5 Å². The minimum Gasteiger partial charge on any atom is -0.312 e. The first kappa shape index (κ1) is 13.7. The second kappa shape index (κ2) is 6.01. The molecule has 2 heterocycles. The van der Waals surface area contributed by atoms with E-state index in [0.29, 0.717) is 0 Å². The smallest absolute Gasteiger partial charge is 0.151 e. The van der Waals surface area contributed by atoms with Gasteiger partial charge in [0.1, 0.15) is 6.33 Å². The normalized spacial score (nSPS) is 11.1. The first-order chi connectivity index (χ1) is 10.2. The molecule has 0 bridgehead atoms. The molecule has 0 fully saturated rings. The van der Waals surface area contributed by atoms with E-state index in [1.54, 1.807) is 11.0 Å². The Bertz CT molecular complexity index is 747. The molecule has 1 aromatic carbocycles. The van der Waals surface area contributed by atoms with Crippen molar-refractivity contribution >= 4 is 10.9 Å². The van der Waals surface area contributed by atoms with Crippen LogP contribution in [0.1, 0.15) is 17.1 Å². The molecule has 3 aromatic rings. The molecular weight excluding hydrogens is 262 g/mol. The lowest BCUT2D eigenvalue weighted by atomic mass is 10.1. The summed E-state index contributed by atoms with van der Waals surface area (Å²) in [6, 6.07) is 10.6. The van der Waals surface area contributed by atoms with Crippen LogP contribution < -0.4 is 5.32 Å². The molecule has 0 spiro atoms. The van der Waals surface area contributed by atoms with Crippen molar-refractivity contribution in [2.24, 2.45) is 7.05 Å². The number of nitrogens with one attached hydrogen (secondary N) is 1. The summed E-state index contributed by atoms with van der Waals surface area (Å²) in [4.78, 5) is 8.73. The van der Waals surface area contributed by atoms with Gasteiger partial charge in [-0.05, 0) is 30.7 Å². The van der Waals surface area contributed by atoms with Gasteiger partial charge in [-0.2, -0.15) is 5.10 Å². The fraction of sp³-hybridized carbons (Fsp3) is 0.312. The van der Waals surface area contributed by atoms with Gasteiger partial charge in [0.2, 0.25) is 0 Å². The highest BCUT2D eigenvalue weighted by atomic mass is 15.3. The molecule has 5 heteroatoms. The summed E-state index contributed by atoms with van der Waals surface area (Å²) in [7, 11) is 1.88. The fourth-order valence-electron chi connectivity index (χ4n) is 2.32. The van der Waals surface area contributed by atoms with Crippen LogP contribution in [0.2, 0.25) is 0 Å². The number of fused-ring (bicyclic) bond motifs is 1. The van der Waals surface area contributed by atoms with Gasteiger partial charge >= 0.3 is 0 Å². The van der Waals surface area contributed by atoms with E-state index in [9.17, 15) is 0 Å². The molecule has 0 amide bonds. The van der Waals surface area contributed by atoms with Crippen LogP contribution in [0.15, 0.2) is 36.7 Å². The van der Waals surface area contributed by atoms with E-state index < -0.39 is 0 Å². The summed E-state index contributed by atoms with van der Waals surface area (Å²) in [5.41, 5.74) is 3.37. The lowest BCUT2D eigenvalue weighted by Crippen LogP contribution is -2.17. The number of aryl methyl sites for hydroxylation is 2. The van der Waals surface area contributed by atoms with Crippen LogP contribution in [-0.2, 0) is 20.0 Å². The number of hydrogen-bond acceptors (Lipinski definition) is 4. The average Bonchev–Trinajstić information content (AvgIpc) is 2.89. The first-order valence-corrected chi connectivity index (χ1v) is 7.12. The maximum atomic E-state index is 4.52. The van der Waals surface area contributed by atoms with Crippen LogP contribution in [0.3, 0.4) is 0 Å². The lowest BCUT2D eigenvalue weighted by molar-refractivity contribution is 0.661. The standard InChI is InChI=1S/C16H19N5/c1-12-3-5-14-9-13(4-6-15(14)19-12)10-17-8-7-16-18-11-21(2)20-16/h3-6,9,11,17H,7-8,10H2,1-2H3. The van der Waals surface area contributed by atoms with Crippen molar-refractivity contribution in [3.8, 4) is 0 Å². The van der Waals surface area contributed by atoms with Gasteiger partial charge < -0.3 is 5.32 Å². The maximum absolute atomic E-state index is 4.52. The number of rotatable bonds is 5. The van der Waals surface area contributed by atoms with Crippen LogP contribution in [0, 0.1) is 6.92 Å². The summed E-state index contributed by atoms with van der Waals surface area (Å²) in [6.07, 6.45) is 2.57.